The lowest BCUT2D eigenvalue weighted by atomic mass is 9.96. The van der Waals surface area contributed by atoms with Crippen molar-refractivity contribution in [2.24, 2.45) is 5.41 Å². The molecule has 0 spiro atoms. The van der Waals surface area contributed by atoms with Crippen LogP contribution in [0.25, 0.3) is 0 Å². The smallest absolute Gasteiger partial charge is 0.225 e. The molecule has 1 aliphatic heterocycles. The van der Waals surface area contributed by atoms with E-state index in [1.54, 1.807) is 0 Å². The third kappa shape index (κ3) is 8.74. The van der Waals surface area contributed by atoms with Crippen LogP contribution in [0.2, 0.25) is 0 Å². The van der Waals surface area contributed by atoms with Crippen LogP contribution >= 0.6 is 0 Å². The van der Waals surface area contributed by atoms with E-state index in [1.807, 2.05) is 20.8 Å². The van der Waals surface area contributed by atoms with Gasteiger partial charge in [-0.3, -0.25) is 14.5 Å². The number of hydrogen-bond donors (Lipinski definition) is 2. The number of benzene rings is 1. The van der Waals surface area contributed by atoms with Gasteiger partial charge in [-0.15, -0.1) is 0 Å². The Balaban J connectivity index is 1.48. The Morgan fingerprint density at radius 1 is 0.967 bits per heavy atom. The van der Waals surface area contributed by atoms with Crippen molar-refractivity contribution in [3.63, 3.8) is 0 Å². The van der Waals surface area contributed by atoms with Gasteiger partial charge in [-0.05, 0) is 50.4 Å². The summed E-state index contributed by atoms with van der Waals surface area (Å²) in [4.78, 5) is 28.7. The van der Waals surface area contributed by atoms with E-state index in [4.69, 9.17) is 0 Å². The van der Waals surface area contributed by atoms with Crippen LogP contribution in [0.5, 0.6) is 0 Å². The zero-order valence-corrected chi connectivity index (χ0v) is 19.3. The van der Waals surface area contributed by atoms with Crippen LogP contribution in [0, 0.1) is 12.3 Å². The van der Waals surface area contributed by atoms with Crippen molar-refractivity contribution < 1.29 is 9.59 Å². The summed E-state index contributed by atoms with van der Waals surface area (Å²) in [5.41, 5.74) is 2.26. The van der Waals surface area contributed by atoms with Crippen LogP contribution in [-0.4, -0.2) is 62.5 Å². The minimum atomic E-state index is -0.379. The Hall–Kier alpha value is -2.08. The second-order valence-corrected chi connectivity index (χ2v) is 9.33. The molecule has 0 aromatic heterocycles. The van der Waals surface area contributed by atoms with Crippen molar-refractivity contribution in [3.05, 3.63) is 29.8 Å². The quantitative estimate of drug-likeness (QED) is 0.576. The molecule has 1 aliphatic rings. The molecule has 30 heavy (non-hydrogen) atoms. The van der Waals surface area contributed by atoms with E-state index in [-0.39, 0.29) is 17.2 Å². The first-order valence-electron chi connectivity index (χ1n) is 11.3. The van der Waals surface area contributed by atoms with Crippen molar-refractivity contribution in [2.75, 3.05) is 50.7 Å². The van der Waals surface area contributed by atoms with Crippen molar-refractivity contribution >= 4 is 17.5 Å². The molecule has 1 saturated heterocycles. The minimum absolute atomic E-state index is 0.0302. The molecule has 2 rings (SSSR count). The van der Waals surface area contributed by atoms with E-state index < -0.39 is 0 Å². The lowest BCUT2D eigenvalue weighted by Crippen LogP contribution is -2.46. The predicted molar refractivity (Wildman–Crippen MR) is 124 cm³/mol. The molecule has 0 radical (unpaired) electrons. The summed E-state index contributed by atoms with van der Waals surface area (Å²) in [6, 6.07) is 8.73. The lowest BCUT2D eigenvalue weighted by molar-refractivity contribution is -0.128. The average Bonchev–Trinajstić information content (AvgIpc) is 2.70. The predicted octanol–water partition coefficient (Wildman–Crippen LogP) is 2.96. The monoisotopic (exact) mass is 416 g/mol. The molecular formula is C24H40N4O2. The summed E-state index contributed by atoms with van der Waals surface area (Å²) >= 11 is 0. The normalized spacial score (nSPS) is 15.1. The number of amides is 2. The van der Waals surface area contributed by atoms with Crippen LogP contribution in [0.4, 0.5) is 5.69 Å². The Morgan fingerprint density at radius 2 is 1.67 bits per heavy atom. The van der Waals surface area contributed by atoms with E-state index in [0.29, 0.717) is 19.4 Å². The third-order valence-corrected chi connectivity index (χ3v) is 5.51. The summed E-state index contributed by atoms with van der Waals surface area (Å²) in [6.45, 7) is 14.5. The van der Waals surface area contributed by atoms with Crippen molar-refractivity contribution in [3.8, 4) is 0 Å². The van der Waals surface area contributed by atoms with Gasteiger partial charge in [-0.25, -0.2) is 0 Å². The zero-order chi connectivity index (χ0) is 22.0. The molecule has 168 valence electrons. The van der Waals surface area contributed by atoms with Gasteiger partial charge in [0, 0.05) is 56.8 Å². The largest absolute Gasteiger partial charge is 0.369 e. The van der Waals surface area contributed by atoms with Crippen molar-refractivity contribution in [2.45, 2.75) is 53.4 Å². The molecule has 0 atom stereocenters. The number of carbonyl (C=O) groups is 2. The maximum absolute atomic E-state index is 11.9. The number of aryl methyl sites for hydroxylation is 1. The van der Waals surface area contributed by atoms with Gasteiger partial charge >= 0.3 is 0 Å². The minimum Gasteiger partial charge on any atom is -0.369 e. The highest BCUT2D eigenvalue weighted by atomic mass is 16.2. The van der Waals surface area contributed by atoms with Crippen LogP contribution in [0.15, 0.2) is 24.3 Å². The number of unbranched alkanes of at least 4 members (excludes halogenated alkanes) is 1. The van der Waals surface area contributed by atoms with Crippen molar-refractivity contribution in [1.29, 1.82) is 0 Å². The van der Waals surface area contributed by atoms with E-state index in [2.05, 4.69) is 51.6 Å². The number of piperazine rings is 1. The number of anilines is 1. The van der Waals surface area contributed by atoms with E-state index in [0.717, 1.165) is 52.1 Å². The zero-order valence-electron chi connectivity index (χ0n) is 19.3. The van der Waals surface area contributed by atoms with Gasteiger partial charge in [-0.2, -0.15) is 0 Å². The SMILES string of the molecule is Cc1cccc(N2CCN(CCCCNC(=O)CCCNC(=O)C(C)(C)C)CC2)c1. The fourth-order valence-electron chi connectivity index (χ4n) is 3.55. The molecule has 0 unspecified atom stereocenters. The number of hydrogen-bond acceptors (Lipinski definition) is 4. The highest BCUT2D eigenvalue weighted by Gasteiger charge is 2.20. The third-order valence-electron chi connectivity index (χ3n) is 5.51. The Morgan fingerprint density at radius 3 is 2.33 bits per heavy atom. The summed E-state index contributed by atoms with van der Waals surface area (Å²) in [5.74, 6) is 0.106. The standard InChI is InChI=1S/C24H40N4O2/c1-20-9-7-10-21(19-20)28-17-15-27(16-18-28)14-6-5-12-25-22(29)11-8-13-26-23(30)24(2,3)4/h7,9-10,19H,5-6,8,11-18H2,1-4H3,(H,25,29)(H,26,30). The summed E-state index contributed by atoms with van der Waals surface area (Å²) in [5, 5.41) is 5.87. The fraction of sp³-hybridized carbons (Fsp3) is 0.667. The number of carbonyl (C=O) groups excluding carboxylic acids is 2. The van der Waals surface area contributed by atoms with Crippen LogP contribution in [-0.2, 0) is 9.59 Å². The molecule has 0 bridgehead atoms. The number of nitrogens with zero attached hydrogens (tertiary/aromatic N) is 2. The van der Waals surface area contributed by atoms with E-state index in [1.165, 1.54) is 11.3 Å². The van der Waals surface area contributed by atoms with Crippen LogP contribution in [0.1, 0.15) is 52.0 Å². The summed E-state index contributed by atoms with van der Waals surface area (Å²) < 4.78 is 0. The van der Waals surface area contributed by atoms with Gasteiger partial charge in [0.2, 0.25) is 11.8 Å². The van der Waals surface area contributed by atoms with Gasteiger partial charge in [0.05, 0.1) is 0 Å². The Bertz CT molecular complexity index is 676. The Kier molecular flexibility index (Phi) is 9.63. The molecule has 6 heteroatoms. The molecular weight excluding hydrogens is 376 g/mol. The topological polar surface area (TPSA) is 64.7 Å². The van der Waals surface area contributed by atoms with Gasteiger partial charge in [0.1, 0.15) is 0 Å². The maximum Gasteiger partial charge on any atom is 0.225 e. The fourth-order valence-corrected chi connectivity index (χ4v) is 3.55. The van der Waals surface area contributed by atoms with Gasteiger partial charge in [-0.1, -0.05) is 32.9 Å². The molecule has 1 fully saturated rings. The molecule has 2 N–H and O–H groups in total. The summed E-state index contributed by atoms with van der Waals surface area (Å²) in [6.07, 6.45) is 3.25. The molecule has 1 heterocycles. The second-order valence-electron chi connectivity index (χ2n) is 9.33. The lowest BCUT2D eigenvalue weighted by Gasteiger charge is -2.36. The molecule has 0 saturated carbocycles. The molecule has 1 aromatic rings. The molecule has 2 amide bonds. The summed E-state index contributed by atoms with van der Waals surface area (Å²) in [7, 11) is 0. The highest BCUT2D eigenvalue weighted by molar-refractivity contribution is 5.81. The Labute approximate surface area is 182 Å². The number of rotatable bonds is 10. The van der Waals surface area contributed by atoms with Gasteiger partial charge in [0.25, 0.3) is 0 Å². The average molecular weight is 417 g/mol. The van der Waals surface area contributed by atoms with E-state index >= 15 is 0 Å². The van der Waals surface area contributed by atoms with Gasteiger partial charge in [0.15, 0.2) is 0 Å². The molecule has 6 nitrogen and oxygen atoms in total. The molecule has 0 aliphatic carbocycles. The second kappa shape index (κ2) is 11.9. The maximum atomic E-state index is 11.9. The number of nitrogens with one attached hydrogen (secondary N) is 2. The first kappa shape index (κ1) is 24.2. The molecule has 1 aromatic carbocycles. The highest BCUT2D eigenvalue weighted by Crippen LogP contribution is 2.18. The van der Waals surface area contributed by atoms with Gasteiger partial charge < -0.3 is 15.5 Å². The first-order chi connectivity index (χ1) is 14.3. The first-order valence-corrected chi connectivity index (χ1v) is 11.3. The van der Waals surface area contributed by atoms with E-state index in [9.17, 15) is 9.59 Å². The van der Waals surface area contributed by atoms with Crippen molar-refractivity contribution in [1.82, 2.24) is 15.5 Å². The van der Waals surface area contributed by atoms with Crippen LogP contribution < -0.4 is 15.5 Å². The van der Waals surface area contributed by atoms with Crippen LogP contribution in [0.3, 0.4) is 0 Å².